The molecular weight excluding hydrogens is 562 g/mol. The van der Waals surface area contributed by atoms with E-state index in [1.807, 2.05) is 12.1 Å². The monoisotopic (exact) mass is 576 g/mol. The summed E-state index contributed by atoms with van der Waals surface area (Å²) in [5, 5.41) is 0.225. The minimum atomic E-state index is -1.63. The molecule has 7 rings (SSSR count). The molecule has 14 heteroatoms. The van der Waals surface area contributed by atoms with Crippen LogP contribution < -0.4 is 0 Å². The number of rotatable bonds is 2. The molecule has 0 amide bonds. The van der Waals surface area contributed by atoms with Crippen molar-refractivity contribution in [2.24, 2.45) is 0 Å². The van der Waals surface area contributed by atoms with Gasteiger partial charge < -0.3 is 19.4 Å². The van der Waals surface area contributed by atoms with Crippen molar-refractivity contribution in [3.05, 3.63) is 57.6 Å². The Bertz CT molecular complexity index is 1710. The Hall–Kier alpha value is -2.60. The highest BCUT2D eigenvalue weighted by Crippen LogP contribution is 2.78. The summed E-state index contributed by atoms with van der Waals surface area (Å²) in [6.07, 6.45) is 3.47. The van der Waals surface area contributed by atoms with Crippen molar-refractivity contribution in [3.8, 4) is 0 Å². The normalized spacial score (nSPS) is 29.2. The molecule has 4 aliphatic rings. The lowest BCUT2D eigenvalue weighted by Gasteiger charge is -2.41. The van der Waals surface area contributed by atoms with Crippen LogP contribution in [0.15, 0.2) is 34.3 Å². The molecule has 1 saturated carbocycles. The third-order valence-electron chi connectivity index (χ3n) is 7.20. The molecule has 10 nitrogen and oxygen atoms in total. The molecule has 4 atom stereocenters. The molecule has 5 heterocycles. The lowest BCUT2D eigenvalue weighted by Crippen LogP contribution is -2.57. The van der Waals surface area contributed by atoms with E-state index in [1.165, 1.54) is 14.2 Å². The largest absolute Gasteiger partial charge is 0.350 e. The van der Waals surface area contributed by atoms with Crippen molar-refractivity contribution in [2.45, 2.75) is 27.4 Å². The number of nitrogens with zero attached hydrogens (tertiary/aromatic N) is 6. The number of hydrogen-bond acceptors (Lipinski definition) is 8. The van der Waals surface area contributed by atoms with Gasteiger partial charge in [0.2, 0.25) is 5.79 Å². The van der Waals surface area contributed by atoms with Gasteiger partial charge in [0.25, 0.3) is 0 Å². The molecule has 2 N–H and O–H groups in total. The molecule has 3 aromatic rings. The van der Waals surface area contributed by atoms with Gasteiger partial charge in [0.15, 0.2) is 11.6 Å². The summed E-state index contributed by atoms with van der Waals surface area (Å²) >= 11 is 28.2. The fraction of sp³-hybridized carbons (Fsp3) is 0.304. The van der Waals surface area contributed by atoms with Gasteiger partial charge in [-0.3, -0.25) is 0 Å². The summed E-state index contributed by atoms with van der Waals surface area (Å²) in [5.74, 6) is -1.54. The number of aromatic amines is 2. The zero-order chi connectivity index (χ0) is 25.7. The first kappa shape index (κ1) is 23.5. The maximum atomic E-state index is 7.33. The molecule has 37 heavy (non-hydrogen) atoms. The first-order chi connectivity index (χ1) is 17.7. The minimum absolute atomic E-state index is 0.111. The number of methoxy groups -OCH3 is 2. The quantitative estimate of drug-likeness (QED) is 0.261. The molecule has 0 saturated heterocycles. The number of nitrogens with one attached hydrogen (secondary N) is 2. The number of aromatic nitrogens is 8. The van der Waals surface area contributed by atoms with Gasteiger partial charge in [-0.1, -0.05) is 23.2 Å². The number of ether oxygens (including phenoxy) is 2. The molecule has 0 aromatic carbocycles. The molecule has 188 valence electrons. The van der Waals surface area contributed by atoms with Crippen molar-refractivity contribution in [2.75, 3.05) is 14.2 Å². The van der Waals surface area contributed by atoms with Crippen molar-refractivity contribution in [1.82, 2.24) is 39.9 Å². The van der Waals surface area contributed by atoms with Gasteiger partial charge in [0, 0.05) is 14.2 Å². The fourth-order valence-electron chi connectivity index (χ4n) is 5.76. The summed E-state index contributed by atoms with van der Waals surface area (Å²) in [7, 11) is 2.89. The van der Waals surface area contributed by atoms with Crippen LogP contribution in [0.3, 0.4) is 0 Å². The second kappa shape index (κ2) is 7.72. The van der Waals surface area contributed by atoms with E-state index in [0.717, 1.165) is 0 Å². The van der Waals surface area contributed by atoms with Crippen LogP contribution in [0.25, 0.3) is 34.7 Å². The van der Waals surface area contributed by atoms with Gasteiger partial charge in [-0.05, 0) is 36.4 Å². The molecule has 2 aliphatic carbocycles. The zero-order valence-electron chi connectivity index (χ0n) is 19.1. The molecule has 3 aromatic heterocycles. The highest BCUT2D eigenvalue weighted by atomic mass is 35.5. The van der Waals surface area contributed by atoms with Crippen molar-refractivity contribution >= 4 is 81.1 Å². The Morgan fingerprint density at radius 3 is 1.65 bits per heavy atom. The van der Waals surface area contributed by atoms with Crippen LogP contribution in [0.2, 0.25) is 0 Å². The summed E-state index contributed by atoms with van der Waals surface area (Å²) in [6.45, 7) is 0. The van der Waals surface area contributed by atoms with Gasteiger partial charge in [-0.15, -0.1) is 23.2 Å². The maximum Gasteiger partial charge on any atom is 0.218 e. The second-order valence-corrected chi connectivity index (χ2v) is 10.9. The molecular formula is C23H16Cl4N8O2. The first-order valence-electron chi connectivity index (χ1n) is 11.1. The van der Waals surface area contributed by atoms with Gasteiger partial charge in [-0.25, -0.2) is 29.9 Å². The molecule has 4 unspecified atom stereocenters. The Morgan fingerprint density at radius 2 is 1.11 bits per heavy atom. The molecule has 1 fully saturated rings. The Kier molecular flexibility index (Phi) is 4.90. The number of alkyl halides is 2. The average molecular weight is 578 g/mol. The van der Waals surface area contributed by atoms with Crippen molar-refractivity contribution in [1.29, 1.82) is 0 Å². The van der Waals surface area contributed by atoms with Crippen molar-refractivity contribution < 1.29 is 9.47 Å². The molecule has 0 spiro atoms. The maximum absolute atomic E-state index is 7.33. The van der Waals surface area contributed by atoms with E-state index in [9.17, 15) is 0 Å². The summed E-state index contributed by atoms with van der Waals surface area (Å²) < 4.78 is 11.8. The summed E-state index contributed by atoms with van der Waals surface area (Å²) in [5.41, 5.74) is 2.27. The van der Waals surface area contributed by atoms with Crippen LogP contribution >= 0.6 is 46.4 Å². The van der Waals surface area contributed by atoms with E-state index in [-0.39, 0.29) is 10.1 Å². The predicted octanol–water partition coefficient (Wildman–Crippen LogP) is 4.59. The lowest BCUT2D eigenvalue weighted by atomic mass is 9.83. The first-order valence-corrected chi connectivity index (χ1v) is 12.6. The third kappa shape index (κ3) is 2.80. The van der Waals surface area contributed by atoms with Crippen LogP contribution in [-0.4, -0.2) is 69.6 Å². The standard InChI is InChI=1S/C23H16Cl4N8O2/c1-36-23(37-2)21(26)15-16(22(23,27)18(25)17(21)24)20-34-14-8-6-12(32-14)30-10-4-3-9(28-10)29-11-5-7-13(31-11)33-19(15)35-20/h3-8,15-16H,1-2H3,(H2,28,29,30,31,32,33,34,35). The number of fused-ring (bicyclic) bond motifs is 15. The highest BCUT2D eigenvalue weighted by molar-refractivity contribution is 6.52. The number of halogens is 4. The Balaban J connectivity index is 1.58. The Labute approximate surface area is 229 Å². The zero-order valence-corrected chi connectivity index (χ0v) is 22.2. The molecule has 10 bridgehead atoms. The summed E-state index contributed by atoms with van der Waals surface area (Å²) in [6, 6.07) is 7.19. The van der Waals surface area contributed by atoms with Gasteiger partial charge in [0.05, 0.1) is 21.9 Å². The van der Waals surface area contributed by atoms with Crippen LogP contribution in [0.1, 0.15) is 35.1 Å². The third-order valence-corrected chi connectivity index (χ3v) is 9.81. The van der Waals surface area contributed by atoms with Crippen LogP contribution in [0, 0.1) is 0 Å². The molecule has 0 radical (unpaired) electrons. The van der Waals surface area contributed by atoms with E-state index < -0.39 is 27.4 Å². The van der Waals surface area contributed by atoms with E-state index in [0.29, 0.717) is 45.9 Å². The number of H-pyrrole nitrogens is 2. The second-order valence-electron chi connectivity index (χ2n) is 8.93. The SMILES string of the molecule is COC1(OC)C2(Cl)C(Cl)=C(Cl)C1(Cl)C1c3nc(nc4nc(nc5ccc(nc6ccc(n3)[nH]6)[nH]5)C=C4)C12. The van der Waals surface area contributed by atoms with E-state index >= 15 is 0 Å². The van der Waals surface area contributed by atoms with Gasteiger partial charge >= 0.3 is 0 Å². The van der Waals surface area contributed by atoms with E-state index in [1.54, 1.807) is 24.3 Å². The fourth-order valence-corrected chi connectivity index (χ4v) is 7.93. The molecule has 2 aliphatic heterocycles. The predicted molar refractivity (Wildman–Crippen MR) is 139 cm³/mol. The van der Waals surface area contributed by atoms with E-state index in [4.69, 9.17) is 70.8 Å². The van der Waals surface area contributed by atoms with Crippen LogP contribution in [-0.2, 0) is 9.47 Å². The van der Waals surface area contributed by atoms with Gasteiger partial charge in [0.1, 0.15) is 44.0 Å². The lowest BCUT2D eigenvalue weighted by molar-refractivity contribution is -0.218. The smallest absolute Gasteiger partial charge is 0.218 e. The topological polar surface area (TPSA) is 127 Å². The summed E-state index contributed by atoms with van der Waals surface area (Å²) in [4.78, 5) is 31.1. The van der Waals surface area contributed by atoms with E-state index in [2.05, 4.69) is 24.9 Å². The Morgan fingerprint density at radius 1 is 0.649 bits per heavy atom. The minimum Gasteiger partial charge on any atom is -0.350 e. The van der Waals surface area contributed by atoms with Crippen molar-refractivity contribution in [3.63, 3.8) is 0 Å². The number of hydrogen-bond donors (Lipinski definition) is 2. The van der Waals surface area contributed by atoms with Crippen LogP contribution in [0.5, 0.6) is 0 Å². The highest BCUT2D eigenvalue weighted by Gasteiger charge is 2.87. The average Bonchev–Trinajstić information content (AvgIpc) is 3.69. The van der Waals surface area contributed by atoms with Gasteiger partial charge in [-0.2, -0.15) is 0 Å². The van der Waals surface area contributed by atoms with Crippen LogP contribution in [0.4, 0.5) is 0 Å².